The van der Waals surface area contributed by atoms with Gasteiger partial charge in [0.1, 0.15) is 5.75 Å². The second-order valence-corrected chi connectivity index (χ2v) is 10.2. The summed E-state index contributed by atoms with van der Waals surface area (Å²) in [7, 11) is -0.162. The Morgan fingerprint density at radius 1 is 1.06 bits per heavy atom. The van der Waals surface area contributed by atoms with Crippen LogP contribution >= 0.6 is 11.8 Å². The number of ketones is 1. The van der Waals surface area contributed by atoms with Crippen molar-refractivity contribution in [1.82, 2.24) is 19.1 Å². The lowest BCUT2D eigenvalue weighted by atomic mass is 10.1. The van der Waals surface area contributed by atoms with Crippen LogP contribution in [0.5, 0.6) is 5.75 Å². The molecule has 0 unspecified atom stereocenters. The van der Waals surface area contributed by atoms with Gasteiger partial charge in [-0.15, -0.1) is 10.2 Å². The van der Waals surface area contributed by atoms with Crippen LogP contribution < -0.4 is 4.74 Å². The zero-order valence-corrected chi connectivity index (χ0v) is 19.9. The van der Waals surface area contributed by atoms with Crippen molar-refractivity contribution < 1.29 is 22.7 Å². The monoisotopic (exact) mass is 488 g/mol. The molecule has 0 saturated carbocycles. The number of methoxy groups -OCH3 is 1. The quantitative estimate of drug-likeness (QED) is 0.352. The van der Waals surface area contributed by atoms with E-state index in [-0.39, 0.29) is 16.4 Å². The van der Waals surface area contributed by atoms with Gasteiger partial charge in [0.25, 0.3) is 0 Å². The van der Waals surface area contributed by atoms with Crippen LogP contribution in [-0.2, 0) is 21.8 Å². The molecular weight excluding hydrogens is 464 g/mol. The van der Waals surface area contributed by atoms with Crippen LogP contribution in [0.1, 0.15) is 10.4 Å². The number of aromatic nitrogens is 3. The van der Waals surface area contributed by atoms with Crippen molar-refractivity contribution in [2.24, 2.45) is 7.05 Å². The molecule has 11 heteroatoms. The third-order valence-electron chi connectivity index (χ3n) is 5.30. The van der Waals surface area contributed by atoms with Crippen molar-refractivity contribution in [3.8, 4) is 17.1 Å². The first kappa shape index (κ1) is 23.4. The Morgan fingerprint density at radius 3 is 2.36 bits per heavy atom. The number of carbonyl (C=O) groups excluding carboxylic acids is 1. The van der Waals surface area contributed by atoms with Crippen LogP contribution in [0, 0.1) is 0 Å². The van der Waals surface area contributed by atoms with Gasteiger partial charge in [-0.3, -0.25) is 4.79 Å². The van der Waals surface area contributed by atoms with E-state index in [2.05, 4.69) is 10.2 Å². The van der Waals surface area contributed by atoms with Gasteiger partial charge in [-0.1, -0.05) is 11.8 Å². The van der Waals surface area contributed by atoms with E-state index < -0.39 is 10.0 Å². The summed E-state index contributed by atoms with van der Waals surface area (Å²) in [6.07, 6.45) is 0. The fourth-order valence-corrected chi connectivity index (χ4v) is 5.61. The van der Waals surface area contributed by atoms with Crippen molar-refractivity contribution in [2.45, 2.75) is 10.1 Å². The van der Waals surface area contributed by atoms with Gasteiger partial charge in [0, 0.05) is 31.3 Å². The first-order valence-corrected chi connectivity index (χ1v) is 12.7. The Kier molecular flexibility index (Phi) is 7.13. The summed E-state index contributed by atoms with van der Waals surface area (Å²) in [6.45, 7) is 1.50. The Hall–Kier alpha value is -2.73. The number of thioether (sulfide) groups is 1. The number of sulfonamides is 1. The van der Waals surface area contributed by atoms with Gasteiger partial charge < -0.3 is 14.0 Å². The highest BCUT2D eigenvalue weighted by Gasteiger charge is 2.26. The van der Waals surface area contributed by atoms with E-state index in [4.69, 9.17) is 9.47 Å². The molecule has 1 aromatic heterocycles. The molecule has 174 valence electrons. The smallest absolute Gasteiger partial charge is 0.243 e. The largest absolute Gasteiger partial charge is 0.497 e. The standard InChI is InChI=1S/C22H24N4O5S2/c1-25-21(17-5-9-19(10-6-17)33(28,29)26-11-13-31-14-12-26)23-24-22(25)32-15-20(27)16-3-7-18(30-2)8-4-16/h3-10H,11-15H2,1-2H3. The first-order valence-electron chi connectivity index (χ1n) is 10.3. The highest BCUT2D eigenvalue weighted by Crippen LogP contribution is 2.26. The molecule has 0 radical (unpaired) electrons. The van der Waals surface area contributed by atoms with Gasteiger partial charge in [0.2, 0.25) is 10.0 Å². The zero-order valence-electron chi connectivity index (χ0n) is 18.3. The van der Waals surface area contributed by atoms with Gasteiger partial charge in [-0.05, 0) is 48.5 Å². The number of morpholine rings is 1. The van der Waals surface area contributed by atoms with E-state index in [1.165, 1.54) is 16.1 Å². The second-order valence-electron chi connectivity index (χ2n) is 7.35. The fraction of sp³-hybridized carbons (Fsp3) is 0.318. The van der Waals surface area contributed by atoms with E-state index in [0.717, 1.165) is 5.56 Å². The molecular formula is C22H24N4O5S2. The van der Waals surface area contributed by atoms with Crippen LogP contribution in [0.25, 0.3) is 11.4 Å². The maximum atomic E-state index is 12.8. The van der Waals surface area contributed by atoms with Crippen molar-refractivity contribution in [3.63, 3.8) is 0 Å². The number of nitrogens with zero attached hydrogens (tertiary/aromatic N) is 4. The van der Waals surface area contributed by atoms with E-state index >= 15 is 0 Å². The number of carbonyl (C=O) groups is 1. The molecule has 2 heterocycles. The van der Waals surface area contributed by atoms with Gasteiger partial charge in [0.05, 0.1) is 31.0 Å². The van der Waals surface area contributed by atoms with E-state index in [1.807, 2.05) is 7.05 Å². The topological polar surface area (TPSA) is 104 Å². The lowest BCUT2D eigenvalue weighted by Gasteiger charge is -2.26. The van der Waals surface area contributed by atoms with Crippen molar-refractivity contribution in [3.05, 3.63) is 54.1 Å². The number of hydrogen-bond acceptors (Lipinski definition) is 8. The predicted molar refractivity (Wildman–Crippen MR) is 124 cm³/mol. The molecule has 0 bridgehead atoms. The number of ether oxygens (including phenoxy) is 2. The third kappa shape index (κ3) is 5.11. The molecule has 33 heavy (non-hydrogen) atoms. The Morgan fingerprint density at radius 2 is 1.73 bits per heavy atom. The van der Waals surface area contributed by atoms with Gasteiger partial charge in [-0.25, -0.2) is 8.42 Å². The van der Waals surface area contributed by atoms with E-state index in [1.54, 1.807) is 60.2 Å². The minimum atomic E-state index is -3.55. The average Bonchev–Trinajstić information content (AvgIpc) is 3.23. The number of rotatable bonds is 8. The van der Waals surface area contributed by atoms with Gasteiger partial charge in [-0.2, -0.15) is 4.31 Å². The summed E-state index contributed by atoms with van der Waals surface area (Å²) in [5, 5.41) is 9.02. The number of hydrogen-bond donors (Lipinski definition) is 0. The molecule has 0 spiro atoms. The maximum absolute atomic E-state index is 12.8. The lowest BCUT2D eigenvalue weighted by molar-refractivity contribution is 0.0730. The fourth-order valence-electron chi connectivity index (χ4n) is 3.39. The van der Waals surface area contributed by atoms with Crippen molar-refractivity contribution in [2.75, 3.05) is 39.2 Å². The predicted octanol–water partition coefficient (Wildman–Crippen LogP) is 2.49. The molecule has 1 aliphatic heterocycles. The molecule has 1 fully saturated rings. The summed E-state index contributed by atoms with van der Waals surface area (Å²) in [5.74, 6) is 1.48. The third-order valence-corrected chi connectivity index (χ3v) is 8.23. The summed E-state index contributed by atoms with van der Waals surface area (Å²) in [5.41, 5.74) is 1.34. The second kappa shape index (κ2) is 10.0. The van der Waals surface area contributed by atoms with Crippen LogP contribution in [0.4, 0.5) is 0 Å². The highest BCUT2D eigenvalue weighted by molar-refractivity contribution is 7.99. The molecule has 0 aliphatic carbocycles. The van der Waals surface area contributed by atoms with Crippen LogP contribution in [-0.4, -0.2) is 72.4 Å². The molecule has 4 rings (SSSR count). The van der Waals surface area contributed by atoms with E-state index in [0.29, 0.717) is 48.6 Å². The molecule has 1 saturated heterocycles. The zero-order chi connectivity index (χ0) is 23.4. The van der Waals surface area contributed by atoms with Crippen molar-refractivity contribution in [1.29, 1.82) is 0 Å². The van der Waals surface area contributed by atoms with Crippen LogP contribution in [0.15, 0.2) is 58.6 Å². The molecule has 1 aliphatic rings. The summed E-state index contributed by atoms with van der Waals surface area (Å²) < 4.78 is 39.2. The average molecular weight is 489 g/mol. The molecule has 0 N–H and O–H groups in total. The Labute approximate surface area is 196 Å². The molecule has 3 aromatic rings. The Bertz CT molecular complexity index is 1220. The summed E-state index contributed by atoms with van der Waals surface area (Å²) >= 11 is 1.30. The van der Waals surface area contributed by atoms with E-state index in [9.17, 15) is 13.2 Å². The normalized spacial score (nSPS) is 14.8. The number of Topliss-reactive ketones (excluding diaryl/α,β-unsaturated/α-hetero) is 1. The number of benzene rings is 2. The molecule has 9 nitrogen and oxygen atoms in total. The highest BCUT2D eigenvalue weighted by atomic mass is 32.2. The van der Waals surface area contributed by atoms with Gasteiger partial charge in [0.15, 0.2) is 16.8 Å². The SMILES string of the molecule is COc1ccc(C(=O)CSc2nnc(-c3ccc(S(=O)(=O)N4CCOCC4)cc3)n2C)cc1. The van der Waals surface area contributed by atoms with Gasteiger partial charge >= 0.3 is 0 Å². The molecule has 0 amide bonds. The first-order chi connectivity index (χ1) is 15.9. The molecule has 0 atom stereocenters. The maximum Gasteiger partial charge on any atom is 0.243 e. The van der Waals surface area contributed by atoms with Crippen LogP contribution in [0.3, 0.4) is 0 Å². The van der Waals surface area contributed by atoms with Crippen LogP contribution in [0.2, 0.25) is 0 Å². The summed E-state index contributed by atoms with van der Waals surface area (Å²) in [6, 6.07) is 13.6. The summed E-state index contributed by atoms with van der Waals surface area (Å²) in [4.78, 5) is 12.7. The lowest BCUT2D eigenvalue weighted by Crippen LogP contribution is -2.40. The molecule has 2 aromatic carbocycles. The minimum absolute atomic E-state index is 0.0233. The van der Waals surface area contributed by atoms with Crippen molar-refractivity contribution >= 4 is 27.6 Å². The Balaban J connectivity index is 1.44. The minimum Gasteiger partial charge on any atom is -0.497 e.